The lowest BCUT2D eigenvalue weighted by Gasteiger charge is -2.04. The highest BCUT2D eigenvalue weighted by Gasteiger charge is 2.18. The van der Waals surface area contributed by atoms with Gasteiger partial charge in [0.05, 0.1) is 15.7 Å². The van der Waals surface area contributed by atoms with E-state index < -0.39 is 0 Å². The topological polar surface area (TPSA) is 75.2 Å². The number of benzene rings is 2. The van der Waals surface area contributed by atoms with Crippen LogP contribution in [0.3, 0.4) is 0 Å². The quantitative estimate of drug-likeness (QED) is 0.384. The van der Waals surface area contributed by atoms with Gasteiger partial charge in [0.25, 0.3) is 0 Å². The molecule has 0 aliphatic rings. The van der Waals surface area contributed by atoms with Crippen molar-refractivity contribution in [2.45, 2.75) is 6.42 Å². The van der Waals surface area contributed by atoms with Crippen LogP contribution in [0.1, 0.15) is 11.1 Å². The molecule has 2 aromatic heterocycles. The number of rotatable bonds is 4. The van der Waals surface area contributed by atoms with Gasteiger partial charge in [-0.3, -0.25) is 5.10 Å². The van der Waals surface area contributed by atoms with Crippen molar-refractivity contribution in [2.75, 3.05) is 0 Å². The van der Waals surface area contributed by atoms with Gasteiger partial charge in [0.15, 0.2) is 0 Å². The molecule has 0 aliphatic carbocycles. The Labute approximate surface area is 177 Å². The molecular formula is C17H11BrCl2N6S. The van der Waals surface area contributed by atoms with Crippen LogP contribution < -0.4 is 0 Å². The normalized spacial score (nSPS) is 11.1. The highest BCUT2D eigenvalue weighted by molar-refractivity contribution is 9.10. The number of hydrogen-bond acceptors (Lipinski definition) is 4. The fourth-order valence-corrected chi connectivity index (χ4v) is 3.58. The van der Waals surface area contributed by atoms with Crippen molar-refractivity contribution < 1.29 is 0 Å². The van der Waals surface area contributed by atoms with Gasteiger partial charge in [-0.15, -0.1) is 10.2 Å². The van der Waals surface area contributed by atoms with Crippen molar-refractivity contribution >= 4 is 51.3 Å². The maximum Gasteiger partial charge on any atom is 0.222 e. The number of nitrogens with zero attached hydrogens (tertiary/aromatic N) is 4. The van der Waals surface area contributed by atoms with Gasteiger partial charge in [0.1, 0.15) is 10.3 Å². The monoisotopic (exact) mass is 480 g/mol. The van der Waals surface area contributed by atoms with Gasteiger partial charge < -0.3 is 0 Å². The fraction of sp³-hybridized carbons (Fsp3) is 0.0588. The van der Waals surface area contributed by atoms with Crippen molar-refractivity contribution in [1.82, 2.24) is 30.4 Å². The van der Waals surface area contributed by atoms with Crippen LogP contribution in [0, 0.1) is 4.64 Å². The van der Waals surface area contributed by atoms with E-state index in [1.165, 1.54) is 0 Å². The van der Waals surface area contributed by atoms with Crippen LogP contribution in [0.5, 0.6) is 0 Å². The minimum Gasteiger partial charge on any atom is -0.289 e. The van der Waals surface area contributed by atoms with E-state index in [-0.39, 0.29) is 0 Å². The second kappa shape index (κ2) is 7.55. The maximum atomic E-state index is 6.17. The van der Waals surface area contributed by atoms with Gasteiger partial charge in [-0.05, 0) is 41.1 Å². The van der Waals surface area contributed by atoms with E-state index in [0.29, 0.717) is 32.6 Å². The van der Waals surface area contributed by atoms with E-state index in [9.17, 15) is 0 Å². The average Bonchev–Trinajstić information content (AvgIpc) is 3.29. The van der Waals surface area contributed by atoms with Gasteiger partial charge in [-0.25, -0.2) is 4.68 Å². The molecule has 10 heteroatoms. The summed E-state index contributed by atoms with van der Waals surface area (Å²) in [5.41, 5.74) is 3.46. The zero-order valence-electron chi connectivity index (χ0n) is 13.6. The Morgan fingerprint density at radius 3 is 2.52 bits per heavy atom. The van der Waals surface area contributed by atoms with Gasteiger partial charge >= 0.3 is 0 Å². The zero-order chi connectivity index (χ0) is 19.0. The second-order valence-corrected chi connectivity index (χ2v) is 7.86. The lowest BCUT2D eigenvalue weighted by Crippen LogP contribution is -1.97. The predicted octanol–water partition coefficient (Wildman–Crippen LogP) is 5.38. The standard InChI is InChI=1S/C17H11BrCl2N6S/c18-10-3-1-9(2-4-10)7-12-15(16-21-24-25-22-16)23-26(17(12)27)11-5-6-13(19)14(20)8-11/h1-6,8,23H,7H2,(H,21,22,24,25). The summed E-state index contributed by atoms with van der Waals surface area (Å²) in [5, 5.41) is 18.5. The fourth-order valence-electron chi connectivity index (χ4n) is 2.70. The number of aromatic nitrogens is 6. The predicted molar refractivity (Wildman–Crippen MR) is 111 cm³/mol. The molecule has 2 heterocycles. The van der Waals surface area contributed by atoms with Crippen LogP contribution in [0.4, 0.5) is 0 Å². The Kier molecular flexibility index (Phi) is 5.14. The lowest BCUT2D eigenvalue weighted by atomic mass is 10.1. The Bertz CT molecular complexity index is 1150. The number of H-pyrrole nitrogens is 2. The average molecular weight is 482 g/mol. The van der Waals surface area contributed by atoms with Crippen LogP contribution in [0.15, 0.2) is 46.9 Å². The molecule has 136 valence electrons. The smallest absolute Gasteiger partial charge is 0.222 e. The molecule has 0 aliphatic heterocycles. The molecule has 0 saturated heterocycles. The van der Waals surface area contributed by atoms with Crippen LogP contribution in [-0.4, -0.2) is 30.4 Å². The largest absolute Gasteiger partial charge is 0.289 e. The summed E-state index contributed by atoms with van der Waals surface area (Å²) in [5.74, 6) is 0.437. The highest BCUT2D eigenvalue weighted by atomic mass is 79.9. The summed E-state index contributed by atoms with van der Waals surface area (Å²) >= 11 is 21.4. The first-order chi connectivity index (χ1) is 13.0. The van der Waals surface area contributed by atoms with E-state index >= 15 is 0 Å². The molecule has 2 aromatic carbocycles. The summed E-state index contributed by atoms with van der Waals surface area (Å²) < 4.78 is 3.39. The second-order valence-electron chi connectivity index (χ2n) is 5.74. The molecule has 2 N–H and O–H groups in total. The molecule has 0 amide bonds. The first-order valence-corrected chi connectivity index (χ1v) is 9.76. The van der Waals surface area contributed by atoms with Crippen molar-refractivity contribution in [3.8, 4) is 17.2 Å². The van der Waals surface area contributed by atoms with Crippen molar-refractivity contribution in [3.63, 3.8) is 0 Å². The van der Waals surface area contributed by atoms with Crippen LogP contribution in [0.25, 0.3) is 17.2 Å². The third kappa shape index (κ3) is 3.70. The summed E-state index contributed by atoms with van der Waals surface area (Å²) in [4.78, 5) is 0. The van der Waals surface area contributed by atoms with E-state index in [0.717, 1.165) is 21.3 Å². The van der Waals surface area contributed by atoms with Crippen LogP contribution in [0.2, 0.25) is 10.0 Å². The first kappa shape index (κ1) is 18.4. The Hall–Kier alpha value is -2.00. The molecular weight excluding hydrogens is 471 g/mol. The van der Waals surface area contributed by atoms with Gasteiger partial charge in [-0.2, -0.15) is 5.21 Å². The molecule has 6 nitrogen and oxygen atoms in total. The number of hydrogen-bond donors (Lipinski definition) is 2. The Morgan fingerprint density at radius 2 is 1.85 bits per heavy atom. The van der Waals surface area contributed by atoms with Crippen LogP contribution >= 0.6 is 51.3 Å². The third-order valence-electron chi connectivity index (χ3n) is 4.01. The molecule has 0 radical (unpaired) electrons. The van der Waals surface area contributed by atoms with E-state index in [1.54, 1.807) is 16.8 Å². The molecule has 0 fully saturated rings. The minimum absolute atomic E-state index is 0.437. The molecule has 0 saturated carbocycles. The lowest BCUT2D eigenvalue weighted by molar-refractivity contribution is 0.867. The summed E-state index contributed by atoms with van der Waals surface area (Å²) in [6.07, 6.45) is 0.612. The molecule has 4 rings (SSSR count). The zero-order valence-corrected chi connectivity index (χ0v) is 17.5. The highest BCUT2D eigenvalue weighted by Crippen LogP contribution is 2.28. The summed E-state index contributed by atoms with van der Waals surface area (Å²) in [6.45, 7) is 0. The van der Waals surface area contributed by atoms with Gasteiger partial charge in [-0.1, -0.05) is 63.5 Å². The minimum atomic E-state index is 0.437. The first-order valence-electron chi connectivity index (χ1n) is 7.80. The van der Waals surface area contributed by atoms with E-state index in [2.05, 4.69) is 41.7 Å². The van der Waals surface area contributed by atoms with E-state index in [1.807, 2.05) is 30.3 Å². The van der Waals surface area contributed by atoms with Crippen molar-refractivity contribution in [2.24, 2.45) is 0 Å². The third-order valence-corrected chi connectivity index (χ3v) is 5.71. The molecule has 0 atom stereocenters. The molecule has 4 aromatic rings. The van der Waals surface area contributed by atoms with E-state index in [4.69, 9.17) is 35.4 Å². The number of halogens is 3. The summed E-state index contributed by atoms with van der Waals surface area (Å²) in [6, 6.07) is 13.4. The van der Waals surface area contributed by atoms with Crippen molar-refractivity contribution in [1.29, 1.82) is 0 Å². The van der Waals surface area contributed by atoms with Gasteiger partial charge in [0.2, 0.25) is 5.82 Å². The molecule has 0 spiro atoms. The SMILES string of the molecule is S=c1c(Cc2ccc(Br)cc2)c(-c2nn[nH]n2)[nH]n1-c1ccc(Cl)c(Cl)c1. The van der Waals surface area contributed by atoms with Crippen LogP contribution in [-0.2, 0) is 6.42 Å². The Balaban J connectivity index is 1.85. The molecule has 27 heavy (non-hydrogen) atoms. The Morgan fingerprint density at radius 1 is 1.07 bits per heavy atom. The molecule has 0 bridgehead atoms. The maximum absolute atomic E-state index is 6.17. The number of aromatic amines is 2. The van der Waals surface area contributed by atoms with Gasteiger partial charge in [0, 0.05) is 16.5 Å². The van der Waals surface area contributed by atoms with Crippen molar-refractivity contribution in [3.05, 3.63) is 72.8 Å². The summed E-state index contributed by atoms with van der Waals surface area (Å²) in [7, 11) is 0. The molecule has 0 unspecified atom stereocenters. The number of nitrogens with one attached hydrogen (secondary N) is 2. The number of tetrazole rings is 1.